The number of carbonyl (C=O) groups excluding carboxylic acids is 1. The predicted octanol–water partition coefficient (Wildman–Crippen LogP) is 8.14. The van der Waals surface area contributed by atoms with E-state index in [-0.39, 0.29) is 17.1 Å². The molecule has 1 heterocycles. The molecule has 1 N–H and O–H groups in total. The van der Waals surface area contributed by atoms with Crippen LogP contribution in [-0.2, 0) is 35.5 Å². The first-order chi connectivity index (χ1) is 21.0. The van der Waals surface area contributed by atoms with E-state index in [0.29, 0.717) is 19.7 Å². The van der Waals surface area contributed by atoms with Gasteiger partial charge in [-0.1, -0.05) is 79.2 Å². The summed E-state index contributed by atoms with van der Waals surface area (Å²) in [6.45, 7) is 2.77. The fraction of sp³-hybridized carbons (Fsp3) is 0.351. The summed E-state index contributed by atoms with van der Waals surface area (Å²) in [4.78, 5) is 28.1. The van der Waals surface area contributed by atoms with Crippen LogP contribution < -0.4 is 0 Å². The highest BCUT2D eigenvalue weighted by molar-refractivity contribution is 7.11. The van der Waals surface area contributed by atoms with Gasteiger partial charge in [0, 0.05) is 28.3 Å². The number of carboxylic acid groups (broad SMARTS) is 1. The van der Waals surface area contributed by atoms with E-state index in [1.165, 1.54) is 21.6 Å². The summed E-state index contributed by atoms with van der Waals surface area (Å²) in [7, 11) is 0. The molecule has 1 saturated carbocycles. The van der Waals surface area contributed by atoms with E-state index in [9.17, 15) is 14.7 Å². The Bertz CT molecular complexity index is 1430. The van der Waals surface area contributed by atoms with Crippen molar-refractivity contribution in [1.29, 1.82) is 0 Å². The number of carboxylic acids is 1. The second-order valence-corrected chi connectivity index (χ2v) is 13.0. The van der Waals surface area contributed by atoms with Crippen LogP contribution in [0.4, 0.5) is 0 Å². The molecule has 1 fully saturated rings. The van der Waals surface area contributed by atoms with Crippen molar-refractivity contribution >= 4 is 23.6 Å². The van der Waals surface area contributed by atoms with E-state index in [0.717, 1.165) is 62.6 Å². The quantitative estimate of drug-likeness (QED) is 0.125. The van der Waals surface area contributed by atoms with Gasteiger partial charge in [0.2, 0.25) is 0 Å². The Balaban J connectivity index is 1.26. The monoisotopic (exact) mass is 595 g/mol. The van der Waals surface area contributed by atoms with Crippen LogP contribution in [0.5, 0.6) is 0 Å². The minimum atomic E-state index is -0.919. The molecule has 4 aromatic rings. The Hall–Kier alpha value is -3.58. The van der Waals surface area contributed by atoms with Crippen molar-refractivity contribution in [3.8, 4) is 0 Å². The largest absolute Gasteiger partial charge is 0.478 e. The number of hydrogen-bond donors (Lipinski definition) is 1. The minimum Gasteiger partial charge on any atom is -0.478 e. The van der Waals surface area contributed by atoms with Crippen LogP contribution in [-0.4, -0.2) is 35.4 Å². The SMILES string of the molecule is O=CC1(CCCN(Cc2ccc(C(=O)O)cc2)CC(OCc2ccc(CCc3ccccc3)s2)c2ccccc2)CCC1. The lowest BCUT2D eigenvalue weighted by Gasteiger charge is -2.37. The van der Waals surface area contributed by atoms with Crippen molar-refractivity contribution < 1.29 is 19.4 Å². The average molecular weight is 596 g/mol. The van der Waals surface area contributed by atoms with Crippen LogP contribution in [0.25, 0.3) is 0 Å². The first-order valence-corrected chi connectivity index (χ1v) is 16.1. The highest BCUT2D eigenvalue weighted by atomic mass is 32.1. The average Bonchev–Trinajstić information content (AvgIpc) is 3.48. The van der Waals surface area contributed by atoms with Crippen molar-refractivity contribution in [2.75, 3.05) is 13.1 Å². The molecule has 1 atom stereocenters. The van der Waals surface area contributed by atoms with Gasteiger partial charge < -0.3 is 14.6 Å². The summed E-state index contributed by atoms with van der Waals surface area (Å²) >= 11 is 1.82. The number of aryl methyl sites for hydroxylation is 2. The Kier molecular flexibility index (Phi) is 10.9. The topological polar surface area (TPSA) is 66.8 Å². The zero-order valence-corrected chi connectivity index (χ0v) is 25.5. The van der Waals surface area contributed by atoms with E-state index in [1.807, 2.05) is 29.5 Å². The molecule has 0 bridgehead atoms. The van der Waals surface area contributed by atoms with E-state index in [4.69, 9.17) is 4.74 Å². The highest BCUT2D eigenvalue weighted by Crippen LogP contribution is 2.42. The third-order valence-electron chi connectivity index (χ3n) is 8.60. The Labute approximate surface area is 259 Å². The van der Waals surface area contributed by atoms with Gasteiger partial charge in [-0.2, -0.15) is 0 Å². The molecular weight excluding hydrogens is 554 g/mol. The van der Waals surface area contributed by atoms with Crippen LogP contribution in [0.3, 0.4) is 0 Å². The van der Waals surface area contributed by atoms with Gasteiger partial charge >= 0.3 is 5.97 Å². The normalized spacial score (nSPS) is 14.7. The van der Waals surface area contributed by atoms with Crippen molar-refractivity contribution in [1.82, 2.24) is 4.90 Å². The van der Waals surface area contributed by atoms with Crippen LogP contribution in [0.1, 0.15) is 75.0 Å². The number of aromatic carboxylic acids is 1. The van der Waals surface area contributed by atoms with Crippen molar-refractivity contribution in [2.24, 2.45) is 5.41 Å². The molecule has 0 spiro atoms. The van der Waals surface area contributed by atoms with E-state index < -0.39 is 5.97 Å². The summed E-state index contributed by atoms with van der Waals surface area (Å²) in [5, 5.41) is 9.33. The van der Waals surface area contributed by atoms with Gasteiger partial charge in [0.15, 0.2) is 0 Å². The smallest absolute Gasteiger partial charge is 0.335 e. The number of thiophene rings is 1. The van der Waals surface area contributed by atoms with Gasteiger partial charge in [0.25, 0.3) is 0 Å². The molecule has 224 valence electrons. The lowest BCUT2D eigenvalue weighted by Crippen LogP contribution is -2.34. The van der Waals surface area contributed by atoms with Crippen LogP contribution in [0.15, 0.2) is 97.1 Å². The Morgan fingerprint density at radius 3 is 2.23 bits per heavy atom. The summed E-state index contributed by atoms with van der Waals surface area (Å²) in [6.07, 6.45) is 8.07. The van der Waals surface area contributed by atoms with Crippen LogP contribution in [0, 0.1) is 5.41 Å². The fourth-order valence-electron chi connectivity index (χ4n) is 5.84. The van der Waals surface area contributed by atoms with Gasteiger partial charge in [0.1, 0.15) is 6.29 Å². The summed E-state index contributed by atoms with van der Waals surface area (Å²) in [5.41, 5.74) is 3.70. The molecule has 1 aliphatic carbocycles. The molecule has 1 aromatic heterocycles. The first kappa shape index (κ1) is 30.9. The number of nitrogens with zero attached hydrogens (tertiary/aromatic N) is 1. The van der Waals surface area contributed by atoms with Gasteiger partial charge in [0.05, 0.1) is 18.3 Å². The molecule has 1 unspecified atom stereocenters. The highest BCUT2D eigenvalue weighted by Gasteiger charge is 2.36. The third-order valence-corrected chi connectivity index (χ3v) is 9.72. The number of benzene rings is 3. The Morgan fingerprint density at radius 2 is 1.58 bits per heavy atom. The molecule has 3 aromatic carbocycles. The molecule has 0 amide bonds. The second-order valence-electron chi connectivity index (χ2n) is 11.7. The lowest BCUT2D eigenvalue weighted by atomic mass is 9.67. The molecule has 43 heavy (non-hydrogen) atoms. The first-order valence-electron chi connectivity index (χ1n) is 15.3. The predicted molar refractivity (Wildman–Crippen MR) is 172 cm³/mol. The summed E-state index contributed by atoms with van der Waals surface area (Å²) < 4.78 is 6.64. The molecule has 0 radical (unpaired) electrons. The number of rotatable bonds is 17. The van der Waals surface area contributed by atoms with E-state index in [2.05, 4.69) is 71.6 Å². The molecule has 5 nitrogen and oxygen atoms in total. The maximum absolute atomic E-state index is 11.8. The van der Waals surface area contributed by atoms with Crippen molar-refractivity contribution in [3.63, 3.8) is 0 Å². The molecular formula is C37H41NO4S. The molecule has 5 rings (SSSR count). The second kappa shape index (κ2) is 15.2. The molecule has 0 saturated heterocycles. The van der Waals surface area contributed by atoms with Gasteiger partial charge in [-0.15, -0.1) is 11.3 Å². The molecule has 6 heteroatoms. The number of ether oxygens (including phenoxy) is 1. The van der Waals surface area contributed by atoms with Crippen molar-refractivity contribution in [3.05, 3.63) is 129 Å². The Morgan fingerprint density at radius 1 is 0.884 bits per heavy atom. The zero-order valence-electron chi connectivity index (χ0n) is 24.7. The molecule has 0 aliphatic heterocycles. The number of carbonyl (C=O) groups is 2. The number of aldehydes is 1. The number of hydrogen-bond acceptors (Lipinski definition) is 5. The van der Waals surface area contributed by atoms with Crippen molar-refractivity contribution in [2.45, 2.75) is 64.2 Å². The molecule has 1 aliphatic rings. The van der Waals surface area contributed by atoms with Crippen LogP contribution >= 0.6 is 11.3 Å². The summed E-state index contributed by atoms with van der Waals surface area (Å²) in [6, 6.07) is 32.5. The maximum Gasteiger partial charge on any atom is 0.335 e. The van der Waals surface area contributed by atoms with Gasteiger partial charge in [-0.3, -0.25) is 4.90 Å². The third kappa shape index (κ3) is 8.96. The van der Waals surface area contributed by atoms with Gasteiger partial charge in [-0.25, -0.2) is 4.79 Å². The van der Waals surface area contributed by atoms with Crippen LogP contribution in [0.2, 0.25) is 0 Å². The maximum atomic E-state index is 11.8. The minimum absolute atomic E-state index is 0.127. The lowest BCUT2D eigenvalue weighted by molar-refractivity contribution is -0.121. The standard InChI is InChI=1S/C37H41NO4S/c39-28-37(21-7-22-37)23-8-24-38(25-30-13-16-32(17-14-30)36(40)41)26-35(31-11-5-2-6-12-31)42-27-34-20-19-33(43-34)18-15-29-9-3-1-4-10-29/h1-6,9-14,16-17,19-20,28,35H,7-8,15,18,21-27H2,(H,40,41). The fourth-order valence-corrected chi connectivity index (χ4v) is 6.78. The van der Waals surface area contributed by atoms with E-state index in [1.54, 1.807) is 12.1 Å². The summed E-state index contributed by atoms with van der Waals surface area (Å²) in [5.74, 6) is -0.919. The van der Waals surface area contributed by atoms with Gasteiger partial charge in [-0.05, 0) is 86.0 Å². The van der Waals surface area contributed by atoms with E-state index >= 15 is 0 Å². The zero-order chi connectivity index (χ0) is 29.9.